The Hall–Kier alpha value is -4.52. The van der Waals surface area contributed by atoms with Crippen molar-refractivity contribution in [1.29, 1.82) is 0 Å². The standard InChI is InChI=1S/C27H23N5O2/c1-19(21-12-6-3-7-13-21)31-17-16-24(29-31)28-26(33)25-22-14-8-9-15-23(22)27(34)32(30-25)18-20-10-4-2-5-11-20/h2-17,19H,18H2,1H3,(H,28,29,33). The molecule has 1 amide bonds. The largest absolute Gasteiger partial charge is 0.304 e. The molecular formula is C27H23N5O2. The average Bonchev–Trinajstić information content (AvgIpc) is 3.35. The van der Waals surface area contributed by atoms with Crippen molar-refractivity contribution in [2.45, 2.75) is 19.5 Å². The van der Waals surface area contributed by atoms with Crippen LogP contribution in [0.25, 0.3) is 10.8 Å². The van der Waals surface area contributed by atoms with Gasteiger partial charge in [0.05, 0.1) is 18.0 Å². The van der Waals surface area contributed by atoms with Gasteiger partial charge < -0.3 is 5.32 Å². The number of fused-ring (bicyclic) bond motifs is 1. The lowest BCUT2D eigenvalue weighted by atomic mass is 10.1. The van der Waals surface area contributed by atoms with Crippen LogP contribution < -0.4 is 10.9 Å². The number of rotatable bonds is 6. The summed E-state index contributed by atoms with van der Waals surface area (Å²) in [5.41, 5.74) is 1.98. The Morgan fingerprint density at radius 1 is 0.853 bits per heavy atom. The van der Waals surface area contributed by atoms with Crippen LogP contribution in [0.4, 0.5) is 5.82 Å². The normalized spacial score (nSPS) is 11.9. The van der Waals surface area contributed by atoms with Crippen molar-refractivity contribution >= 4 is 22.5 Å². The fourth-order valence-electron chi connectivity index (χ4n) is 3.95. The Kier molecular flexibility index (Phi) is 5.74. The number of aromatic nitrogens is 4. The number of anilines is 1. The topological polar surface area (TPSA) is 81.8 Å². The van der Waals surface area contributed by atoms with Gasteiger partial charge in [-0.15, -0.1) is 0 Å². The van der Waals surface area contributed by atoms with E-state index in [9.17, 15) is 9.59 Å². The molecule has 3 aromatic carbocycles. The molecule has 0 aliphatic heterocycles. The maximum absolute atomic E-state index is 13.3. The highest BCUT2D eigenvalue weighted by molar-refractivity contribution is 6.10. The molecule has 1 unspecified atom stereocenters. The van der Waals surface area contributed by atoms with Gasteiger partial charge in [-0.3, -0.25) is 14.3 Å². The van der Waals surface area contributed by atoms with Crippen LogP contribution in [-0.2, 0) is 6.54 Å². The van der Waals surface area contributed by atoms with E-state index in [-0.39, 0.29) is 23.8 Å². The molecular weight excluding hydrogens is 426 g/mol. The van der Waals surface area contributed by atoms with Gasteiger partial charge in [0.1, 0.15) is 0 Å². The van der Waals surface area contributed by atoms with Gasteiger partial charge in [-0.2, -0.15) is 10.2 Å². The molecule has 0 bridgehead atoms. The van der Waals surface area contributed by atoms with Crippen LogP contribution in [0.3, 0.4) is 0 Å². The third-order valence-electron chi connectivity index (χ3n) is 5.79. The number of benzene rings is 3. The van der Waals surface area contributed by atoms with Crippen molar-refractivity contribution in [3.05, 3.63) is 124 Å². The summed E-state index contributed by atoms with van der Waals surface area (Å²) >= 11 is 0. The van der Waals surface area contributed by atoms with Gasteiger partial charge in [-0.25, -0.2) is 4.68 Å². The second kappa shape index (κ2) is 9.15. The van der Waals surface area contributed by atoms with E-state index in [0.29, 0.717) is 16.6 Å². The van der Waals surface area contributed by atoms with Crippen LogP contribution in [0, 0.1) is 0 Å². The van der Waals surface area contributed by atoms with Crippen molar-refractivity contribution in [2.75, 3.05) is 5.32 Å². The lowest BCUT2D eigenvalue weighted by Crippen LogP contribution is -2.28. The van der Waals surface area contributed by atoms with E-state index in [1.54, 1.807) is 35.0 Å². The summed E-state index contributed by atoms with van der Waals surface area (Å²) in [6.07, 6.45) is 1.83. The van der Waals surface area contributed by atoms with Gasteiger partial charge in [-0.05, 0) is 24.1 Å². The molecule has 0 fully saturated rings. The molecule has 0 aliphatic rings. The summed E-state index contributed by atoms with van der Waals surface area (Å²) in [7, 11) is 0. The number of carbonyl (C=O) groups is 1. The molecule has 2 heterocycles. The van der Waals surface area contributed by atoms with Gasteiger partial charge in [-0.1, -0.05) is 78.9 Å². The van der Waals surface area contributed by atoms with E-state index in [0.717, 1.165) is 11.1 Å². The molecule has 0 spiro atoms. The molecule has 5 aromatic rings. The minimum Gasteiger partial charge on any atom is -0.304 e. The van der Waals surface area contributed by atoms with Crippen molar-refractivity contribution in [3.63, 3.8) is 0 Å². The SMILES string of the molecule is CC(c1ccccc1)n1ccc(NC(=O)c2nn(Cc3ccccc3)c(=O)c3ccccc23)n1. The number of hydrogen-bond acceptors (Lipinski definition) is 4. The van der Waals surface area contributed by atoms with E-state index >= 15 is 0 Å². The second-order valence-corrected chi connectivity index (χ2v) is 8.06. The molecule has 34 heavy (non-hydrogen) atoms. The Morgan fingerprint density at radius 3 is 2.24 bits per heavy atom. The molecule has 7 heteroatoms. The first-order valence-electron chi connectivity index (χ1n) is 11.1. The highest BCUT2D eigenvalue weighted by Gasteiger charge is 2.18. The highest BCUT2D eigenvalue weighted by atomic mass is 16.2. The van der Waals surface area contributed by atoms with Crippen molar-refractivity contribution in [3.8, 4) is 0 Å². The Morgan fingerprint density at radius 2 is 1.50 bits per heavy atom. The quantitative estimate of drug-likeness (QED) is 0.414. The highest BCUT2D eigenvalue weighted by Crippen LogP contribution is 2.19. The van der Waals surface area contributed by atoms with Crippen LogP contribution in [0.1, 0.15) is 34.6 Å². The molecule has 0 aliphatic carbocycles. The minimum atomic E-state index is -0.421. The first kappa shape index (κ1) is 21.3. The molecule has 1 atom stereocenters. The van der Waals surface area contributed by atoms with Crippen LogP contribution in [-0.4, -0.2) is 25.5 Å². The zero-order chi connectivity index (χ0) is 23.5. The van der Waals surface area contributed by atoms with Crippen LogP contribution in [0.15, 0.2) is 102 Å². The van der Waals surface area contributed by atoms with Crippen LogP contribution in [0.2, 0.25) is 0 Å². The Labute approximate surface area is 196 Å². The zero-order valence-corrected chi connectivity index (χ0v) is 18.6. The van der Waals surface area contributed by atoms with Crippen molar-refractivity contribution in [2.24, 2.45) is 0 Å². The van der Waals surface area contributed by atoms with E-state index in [2.05, 4.69) is 15.5 Å². The summed E-state index contributed by atoms with van der Waals surface area (Å²) in [5, 5.41) is 12.8. The second-order valence-electron chi connectivity index (χ2n) is 8.06. The predicted octanol–water partition coefficient (Wildman–Crippen LogP) is 4.50. The Balaban J connectivity index is 1.46. The third-order valence-corrected chi connectivity index (χ3v) is 5.79. The fraction of sp³-hybridized carbons (Fsp3) is 0.111. The van der Waals surface area contributed by atoms with Crippen molar-refractivity contribution in [1.82, 2.24) is 19.6 Å². The molecule has 0 saturated heterocycles. The van der Waals surface area contributed by atoms with E-state index in [4.69, 9.17) is 0 Å². The van der Waals surface area contributed by atoms with E-state index in [1.807, 2.05) is 73.8 Å². The van der Waals surface area contributed by atoms with Gasteiger partial charge in [0, 0.05) is 17.6 Å². The lowest BCUT2D eigenvalue weighted by molar-refractivity contribution is 0.102. The summed E-state index contributed by atoms with van der Waals surface area (Å²) in [4.78, 5) is 26.3. The van der Waals surface area contributed by atoms with Gasteiger partial charge in [0.2, 0.25) is 0 Å². The predicted molar refractivity (Wildman–Crippen MR) is 132 cm³/mol. The van der Waals surface area contributed by atoms with E-state index in [1.165, 1.54) is 4.68 Å². The number of carbonyl (C=O) groups excluding carboxylic acids is 1. The molecule has 1 N–H and O–H groups in total. The number of nitrogens with zero attached hydrogens (tertiary/aromatic N) is 4. The van der Waals surface area contributed by atoms with Crippen molar-refractivity contribution < 1.29 is 4.79 Å². The zero-order valence-electron chi connectivity index (χ0n) is 18.6. The van der Waals surface area contributed by atoms with Crippen LogP contribution in [0.5, 0.6) is 0 Å². The molecule has 5 rings (SSSR count). The van der Waals surface area contributed by atoms with Gasteiger partial charge in [0.25, 0.3) is 11.5 Å². The van der Waals surface area contributed by atoms with Gasteiger partial charge >= 0.3 is 0 Å². The molecule has 7 nitrogen and oxygen atoms in total. The lowest BCUT2D eigenvalue weighted by Gasteiger charge is -2.12. The van der Waals surface area contributed by atoms with Gasteiger partial charge in [0.15, 0.2) is 11.5 Å². The molecule has 168 valence electrons. The summed E-state index contributed by atoms with van der Waals surface area (Å²) < 4.78 is 3.13. The Bertz CT molecular complexity index is 1510. The summed E-state index contributed by atoms with van der Waals surface area (Å²) in [5.74, 6) is -0.00454. The molecule has 0 saturated carbocycles. The van der Waals surface area contributed by atoms with Crippen LogP contribution >= 0.6 is 0 Å². The first-order chi connectivity index (χ1) is 16.6. The maximum atomic E-state index is 13.3. The summed E-state index contributed by atoms with van der Waals surface area (Å²) in [6.45, 7) is 2.32. The molecule has 2 aromatic heterocycles. The van der Waals surface area contributed by atoms with E-state index < -0.39 is 5.91 Å². The fourth-order valence-corrected chi connectivity index (χ4v) is 3.95. The molecule has 0 radical (unpaired) electrons. The first-order valence-corrected chi connectivity index (χ1v) is 11.1. The smallest absolute Gasteiger partial charge is 0.277 e. The maximum Gasteiger partial charge on any atom is 0.277 e. The number of hydrogen-bond donors (Lipinski definition) is 1. The number of nitrogens with one attached hydrogen (secondary N) is 1. The monoisotopic (exact) mass is 449 g/mol. The summed E-state index contributed by atoms with van der Waals surface area (Å²) in [6, 6.07) is 28.4. The average molecular weight is 450 g/mol. The minimum absolute atomic E-state index is 0.0126. The number of amides is 1. The third kappa shape index (κ3) is 4.23.